The van der Waals surface area contributed by atoms with Gasteiger partial charge in [-0.15, -0.1) is 0 Å². The molecule has 1 saturated carbocycles. The minimum absolute atomic E-state index is 0.424. The Hall–Kier alpha value is -0.120. The molecular weight excluding hydrogens is 212 g/mol. The number of morpholine rings is 1. The first-order chi connectivity index (χ1) is 8.20. The molecule has 4 atom stereocenters. The molecule has 1 heterocycles. The van der Waals surface area contributed by atoms with Crippen LogP contribution in [0.2, 0.25) is 0 Å². The normalized spacial score (nSPS) is 40.4. The van der Waals surface area contributed by atoms with Gasteiger partial charge >= 0.3 is 0 Å². The molecule has 1 aliphatic carbocycles. The predicted octanol–water partition coefficient (Wildman–Crippen LogP) is 1.86. The molecule has 2 fully saturated rings. The summed E-state index contributed by atoms with van der Waals surface area (Å²) in [4.78, 5) is 2.58. The van der Waals surface area contributed by atoms with Gasteiger partial charge in [-0.3, -0.25) is 4.90 Å². The molecule has 3 heteroatoms. The minimum Gasteiger partial charge on any atom is -0.379 e. The molecule has 2 N–H and O–H groups in total. The van der Waals surface area contributed by atoms with Crippen LogP contribution in [0.3, 0.4) is 0 Å². The Morgan fingerprint density at radius 2 is 2.18 bits per heavy atom. The second-order valence-corrected chi connectivity index (χ2v) is 5.93. The van der Waals surface area contributed by atoms with Gasteiger partial charge in [-0.25, -0.2) is 0 Å². The van der Waals surface area contributed by atoms with Gasteiger partial charge in [0.15, 0.2) is 0 Å². The number of hydrogen-bond acceptors (Lipinski definition) is 3. The Morgan fingerprint density at radius 3 is 2.88 bits per heavy atom. The van der Waals surface area contributed by atoms with Gasteiger partial charge in [-0.2, -0.15) is 0 Å². The highest BCUT2D eigenvalue weighted by Gasteiger charge is 2.30. The predicted molar refractivity (Wildman–Crippen MR) is 71.0 cm³/mol. The van der Waals surface area contributed by atoms with Gasteiger partial charge in [-0.1, -0.05) is 13.3 Å². The summed E-state index contributed by atoms with van der Waals surface area (Å²) in [6.45, 7) is 8.63. The Kier molecular flexibility index (Phi) is 4.83. The monoisotopic (exact) mass is 240 g/mol. The van der Waals surface area contributed by atoms with Crippen LogP contribution in [0.1, 0.15) is 39.5 Å². The third-order valence-electron chi connectivity index (χ3n) is 4.70. The summed E-state index contributed by atoms with van der Waals surface area (Å²) >= 11 is 0. The van der Waals surface area contributed by atoms with Crippen LogP contribution in [-0.4, -0.2) is 43.3 Å². The van der Waals surface area contributed by atoms with Crippen molar-refractivity contribution in [2.24, 2.45) is 17.6 Å². The van der Waals surface area contributed by atoms with Crippen molar-refractivity contribution in [2.45, 2.75) is 51.6 Å². The Bertz CT molecular complexity index is 234. The molecule has 2 rings (SSSR count). The molecule has 0 spiro atoms. The summed E-state index contributed by atoms with van der Waals surface area (Å²) in [5, 5.41) is 0. The molecular formula is C14H28N2O. The van der Waals surface area contributed by atoms with Crippen LogP contribution < -0.4 is 5.73 Å². The number of hydrogen-bond donors (Lipinski definition) is 1. The number of nitrogens with zero attached hydrogens (tertiary/aromatic N) is 1. The summed E-state index contributed by atoms with van der Waals surface area (Å²) in [6, 6.07) is 0.991. The van der Waals surface area contributed by atoms with Crippen molar-refractivity contribution in [3.8, 4) is 0 Å². The Balaban J connectivity index is 1.87. The van der Waals surface area contributed by atoms with E-state index >= 15 is 0 Å². The van der Waals surface area contributed by atoms with Crippen molar-refractivity contribution < 1.29 is 4.74 Å². The molecule has 1 saturated heterocycles. The lowest BCUT2D eigenvalue weighted by Crippen LogP contribution is -2.50. The maximum Gasteiger partial charge on any atom is 0.0619 e. The largest absolute Gasteiger partial charge is 0.379 e. The number of rotatable bonds is 3. The highest BCUT2D eigenvalue weighted by atomic mass is 16.5. The molecule has 0 amide bonds. The lowest BCUT2D eigenvalue weighted by molar-refractivity contribution is -0.0132. The summed E-state index contributed by atoms with van der Waals surface area (Å²) < 4.78 is 5.50. The number of nitrogens with two attached hydrogens (primary N) is 1. The highest BCUT2D eigenvalue weighted by Crippen LogP contribution is 2.31. The van der Waals surface area contributed by atoms with Gasteiger partial charge in [0.2, 0.25) is 0 Å². The van der Waals surface area contributed by atoms with Crippen LogP contribution in [0.25, 0.3) is 0 Å². The summed E-state index contributed by atoms with van der Waals surface area (Å²) in [5.41, 5.74) is 6.30. The first kappa shape index (κ1) is 13.3. The molecule has 17 heavy (non-hydrogen) atoms. The minimum atomic E-state index is 0.424. The lowest BCUT2D eigenvalue weighted by Gasteiger charge is -2.40. The second-order valence-electron chi connectivity index (χ2n) is 5.93. The SMILES string of the molecule is CCC1CCC(N)C(CN2CCOCC2C)C1. The fourth-order valence-corrected chi connectivity index (χ4v) is 3.30. The molecule has 0 aromatic heterocycles. The van der Waals surface area contributed by atoms with Crippen LogP contribution in [0.15, 0.2) is 0 Å². The van der Waals surface area contributed by atoms with Crippen LogP contribution in [-0.2, 0) is 4.74 Å². The van der Waals surface area contributed by atoms with E-state index in [9.17, 15) is 0 Å². The average Bonchev–Trinajstić information content (AvgIpc) is 2.35. The van der Waals surface area contributed by atoms with Crippen molar-refractivity contribution in [1.29, 1.82) is 0 Å². The standard InChI is InChI=1S/C14H28N2O/c1-3-12-4-5-14(15)13(8-12)9-16-6-7-17-10-11(16)2/h11-14H,3-10,15H2,1-2H3. The molecule has 2 aliphatic rings. The second kappa shape index (κ2) is 6.17. The zero-order valence-electron chi connectivity index (χ0n) is 11.4. The van der Waals surface area contributed by atoms with Crippen molar-refractivity contribution in [1.82, 2.24) is 4.90 Å². The van der Waals surface area contributed by atoms with E-state index in [4.69, 9.17) is 10.5 Å². The van der Waals surface area contributed by atoms with Gasteiger partial charge in [-0.05, 0) is 38.0 Å². The topological polar surface area (TPSA) is 38.5 Å². The van der Waals surface area contributed by atoms with Crippen molar-refractivity contribution in [3.05, 3.63) is 0 Å². The van der Waals surface area contributed by atoms with Crippen molar-refractivity contribution >= 4 is 0 Å². The maximum atomic E-state index is 6.30. The molecule has 0 aromatic carbocycles. The lowest BCUT2D eigenvalue weighted by atomic mass is 9.77. The van der Waals surface area contributed by atoms with Gasteiger partial charge in [0.25, 0.3) is 0 Å². The van der Waals surface area contributed by atoms with E-state index in [-0.39, 0.29) is 0 Å². The molecule has 3 nitrogen and oxygen atoms in total. The highest BCUT2D eigenvalue weighted by molar-refractivity contribution is 4.85. The van der Waals surface area contributed by atoms with E-state index in [0.29, 0.717) is 18.0 Å². The van der Waals surface area contributed by atoms with Crippen LogP contribution >= 0.6 is 0 Å². The molecule has 4 unspecified atom stereocenters. The molecule has 0 bridgehead atoms. The van der Waals surface area contributed by atoms with Gasteiger partial charge in [0.1, 0.15) is 0 Å². The molecule has 0 radical (unpaired) electrons. The quantitative estimate of drug-likeness (QED) is 0.818. The third kappa shape index (κ3) is 3.43. The molecule has 1 aliphatic heterocycles. The Labute approximate surface area is 106 Å². The smallest absolute Gasteiger partial charge is 0.0619 e. The first-order valence-corrected chi connectivity index (χ1v) is 7.28. The first-order valence-electron chi connectivity index (χ1n) is 7.28. The zero-order chi connectivity index (χ0) is 12.3. The third-order valence-corrected chi connectivity index (χ3v) is 4.70. The van der Waals surface area contributed by atoms with Gasteiger partial charge in [0, 0.05) is 25.2 Å². The van der Waals surface area contributed by atoms with Crippen LogP contribution in [0, 0.1) is 11.8 Å². The van der Waals surface area contributed by atoms with Crippen molar-refractivity contribution in [3.63, 3.8) is 0 Å². The van der Waals surface area contributed by atoms with Crippen molar-refractivity contribution in [2.75, 3.05) is 26.3 Å². The molecule has 0 aromatic rings. The van der Waals surface area contributed by atoms with E-state index in [1.54, 1.807) is 0 Å². The van der Waals surface area contributed by atoms with E-state index in [0.717, 1.165) is 25.7 Å². The van der Waals surface area contributed by atoms with E-state index < -0.39 is 0 Å². The van der Waals surface area contributed by atoms with E-state index in [1.807, 2.05) is 0 Å². The number of ether oxygens (including phenoxy) is 1. The van der Waals surface area contributed by atoms with Crippen LogP contribution in [0.5, 0.6) is 0 Å². The van der Waals surface area contributed by atoms with Gasteiger partial charge < -0.3 is 10.5 Å². The van der Waals surface area contributed by atoms with E-state index in [1.165, 1.54) is 32.2 Å². The fourth-order valence-electron chi connectivity index (χ4n) is 3.30. The summed E-state index contributed by atoms with van der Waals surface area (Å²) in [5.74, 6) is 1.62. The average molecular weight is 240 g/mol. The summed E-state index contributed by atoms with van der Waals surface area (Å²) in [7, 11) is 0. The van der Waals surface area contributed by atoms with Crippen LogP contribution in [0.4, 0.5) is 0 Å². The zero-order valence-corrected chi connectivity index (χ0v) is 11.4. The fraction of sp³-hybridized carbons (Fsp3) is 1.00. The van der Waals surface area contributed by atoms with Gasteiger partial charge in [0.05, 0.1) is 13.2 Å². The summed E-state index contributed by atoms with van der Waals surface area (Å²) in [6.07, 6.45) is 5.22. The Morgan fingerprint density at radius 1 is 1.35 bits per heavy atom. The molecule has 100 valence electrons. The maximum absolute atomic E-state index is 6.30. The van der Waals surface area contributed by atoms with E-state index in [2.05, 4.69) is 18.7 Å².